The maximum absolute atomic E-state index is 6.17. The highest BCUT2D eigenvalue weighted by molar-refractivity contribution is 5.86. The summed E-state index contributed by atoms with van der Waals surface area (Å²) in [4.78, 5) is 2.53. The summed E-state index contributed by atoms with van der Waals surface area (Å²) in [5.41, 5.74) is 7.52. The number of hydrogen-bond acceptors (Lipinski definition) is 2. The topological polar surface area (TPSA) is 29.3 Å². The van der Waals surface area contributed by atoms with Gasteiger partial charge in [0.1, 0.15) is 0 Å². The molecule has 0 aromatic heterocycles. The van der Waals surface area contributed by atoms with Gasteiger partial charge in [0.25, 0.3) is 0 Å². The number of nitrogens with two attached hydrogens (primary N) is 1. The van der Waals surface area contributed by atoms with Crippen LogP contribution in [0.4, 0.5) is 0 Å². The van der Waals surface area contributed by atoms with Gasteiger partial charge in [0, 0.05) is 25.2 Å². The minimum absolute atomic E-state index is 0.276. The van der Waals surface area contributed by atoms with Crippen LogP contribution in [0.25, 0.3) is 10.8 Å². The molecule has 0 amide bonds. The van der Waals surface area contributed by atoms with E-state index in [-0.39, 0.29) is 6.04 Å². The van der Waals surface area contributed by atoms with Crippen LogP contribution >= 0.6 is 0 Å². The summed E-state index contributed by atoms with van der Waals surface area (Å²) in [7, 11) is 0. The van der Waals surface area contributed by atoms with Crippen molar-refractivity contribution >= 4 is 10.8 Å². The van der Waals surface area contributed by atoms with Crippen molar-refractivity contribution in [1.82, 2.24) is 4.90 Å². The number of nitrogens with zero attached hydrogens (tertiary/aromatic N) is 1. The van der Waals surface area contributed by atoms with E-state index in [9.17, 15) is 0 Å². The first-order chi connectivity index (χ1) is 10.0. The fourth-order valence-electron chi connectivity index (χ4n) is 3.10. The van der Waals surface area contributed by atoms with E-state index in [4.69, 9.17) is 5.73 Å². The third-order valence-electron chi connectivity index (χ3n) is 4.05. The summed E-state index contributed by atoms with van der Waals surface area (Å²) >= 11 is 0. The zero-order chi connectivity index (χ0) is 15.4. The molecular weight excluding hydrogens is 256 g/mol. The first-order valence-corrected chi connectivity index (χ1v) is 7.98. The molecule has 0 saturated heterocycles. The lowest BCUT2D eigenvalue weighted by Crippen LogP contribution is -2.41. The molecule has 0 radical (unpaired) electrons. The van der Waals surface area contributed by atoms with Crippen LogP contribution in [-0.2, 0) is 0 Å². The van der Waals surface area contributed by atoms with Gasteiger partial charge in [0.2, 0.25) is 0 Å². The Morgan fingerprint density at radius 3 is 2.24 bits per heavy atom. The van der Waals surface area contributed by atoms with Crippen LogP contribution in [0.1, 0.15) is 39.3 Å². The zero-order valence-corrected chi connectivity index (χ0v) is 13.7. The SMILES string of the molecule is CC(C)CN(C(C)C)C(CN)c1cccc2ccccc12. The minimum Gasteiger partial charge on any atom is -0.329 e. The van der Waals surface area contributed by atoms with Crippen molar-refractivity contribution in [3.05, 3.63) is 48.0 Å². The van der Waals surface area contributed by atoms with E-state index in [1.165, 1.54) is 16.3 Å². The average molecular weight is 284 g/mol. The Kier molecular flexibility index (Phi) is 5.38. The van der Waals surface area contributed by atoms with E-state index in [2.05, 4.69) is 75.1 Å². The lowest BCUT2D eigenvalue weighted by molar-refractivity contribution is 0.139. The van der Waals surface area contributed by atoms with Crippen LogP contribution < -0.4 is 5.73 Å². The Hall–Kier alpha value is -1.38. The van der Waals surface area contributed by atoms with Gasteiger partial charge >= 0.3 is 0 Å². The van der Waals surface area contributed by atoms with Gasteiger partial charge in [0.05, 0.1) is 0 Å². The highest BCUT2D eigenvalue weighted by Crippen LogP contribution is 2.29. The van der Waals surface area contributed by atoms with Gasteiger partial charge in [0.15, 0.2) is 0 Å². The fraction of sp³-hybridized carbons (Fsp3) is 0.474. The second kappa shape index (κ2) is 7.06. The molecule has 114 valence electrons. The molecule has 2 heteroatoms. The van der Waals surface area contributed by atoms with Crippen LogP contribution in [0.3, 0.4) is 0 Å². The van der Waals surface area contributed by atoms with E-state index < -0.39 is 0 Å². The van der Waals surface area contributed by atoms with Gasteiger partial charge < -0.3 is 5.73 Å². The molecule has 2 aromatic carbocycles. The summed E-state index contributed by atoms with van der Waals surface area (Å²) in [6.07, 6.45) is 0. The predicted octanol–water partition coefficient (Wildman–Crippen LogP) is 4.21. The fourth-order valence-corrected chi connectivity index (χ4v) is 3.10. The molecule has 2 nitrogen and oxygen atoms in total. The molecule has 0 spiro atoms. The first kappa shape index (κ1) is 16.0. The first-order valence-electron chi connectivity index (χ1n) is 7.98. The third-order valence-corrected chi connectivity index (χ3v) is 4.05. The van der Waals surface area contributed by atoms with Crippen LogP contribution in [-0.4, -0.2) is 24.0 Å². The van der Waals surface area contributed by atoms with Gasteiger partial charge in [-0.1, -0.05) is 56.3 Å². The summed E-state index contributed by atoms with van der Waals surface area (Å²) in [5, 5.41) is 2.62. The van der Waals surface area contributed by atoms with Crippen molar-refractivity contribution in [3.63, 3.8) is 0 Å². The van der Waals surface area contributed by atoms with Crippen LogP contribution in [0, 0.1) is 5.92 Å². The Morgan fingerprint density at radius 2 is 1.62 bits per heavy atom. The molecular formula is C19H28N2. The lowest BCUT2D eigenvalue weighted by Gasteiger charge is -2.36. The highest BCUT2D eigenvalue weighted by Gasteiger charge is 2.23. The summed E-state index contributed by atoms with van der Waals surface area (Å²) in [5.74, 6) is 0.636. The smallest absolute Gasteiger partial charge is 0.0479 e. The molecule has 0 fully saturated rings. The number of rotatable bonds is 6. The molecule has 0 aliphatic heterocycles. The third kappa shape index (κ3) is 3.63. The number of hydrogen-bond donors (Lipinski definition) is 1. The second-order valence-electron chi connectivity index (χ2n) is 6.50. The van der Waals surface area contributed by atoms with Gasteiger partial charge in [-0.3, -0.25) is 4.90 Å². The number of fused-ring (bicyclic) bond motifs is 1. The summed E-state index contributed by atoms with van der Waals surface area (Å²) < 4.78 is 0. The zero-order valence-electron chi connectivity index (χ0n) is 13.7. The molecule has 2 N–H and O–H groups in total. The Morgan fingerprint density at radius 1 is 0.952 bits per heavy atom. The van der Waals surface area contributed by atoms with Crippen molar-refractivity contribution in [3.8, 4) is 0 Å². The molecule has 21 heavy (non-hydrogen) atoms. The lowest BCUT2D eigenvalue weighted by atomic mass is 9.96. The molecule has 1 atom stereocenters. The molecule has 0 heterocycles. The quantitative estimate of drug-likeness (QED) is 0.861. The summed E-state index contributed by atoms with van der Waals surface area (Å²) in [6, 6.07) is 15.9. The number of benzene rings is 2. The van der Waals surface area contributed by atoms with Gasteiger partial charge in [-0.15, -0.1) is 0 Å². The Labute approximate surface area is 128 Å². The van der Waals surface area contributed by atoms with Crippen LogP contribution in [0.5, 0.6) is 0 Å². The van der Waals surface area contributed by atoms with Crippen molar-refractivity contribution in [2.45, 2.75) is 39.8 Å². The van der Waals surface area contributed by atoms with Gasteiger partial charge in [-0.2, -0.15) is 0 Å². The molecule has 0 aliphatic rings. The molecule has 2 rings (SSSR count). The standard InChI is InChI=1S/C19H28N2/c1-14(2)13-21(15(3)4)19(12-20)18-11-7-9-16-8-5-6-10-17(16)18/h5-11,14-15,19H,12-13,20H2,1-4H3. The van der Waals surface area contributed by atoms with Gasteiger partial charge in [-0.05, 0) is 36.1 Å². The van der Waals surface area contributed by atoms with Crippen molar-refractivity contribution in [2.24, 2.45) is 11.7 Å². The maximum Gasteiger partial charge on any atom is 0.0479 e. The molecule has 2 aromatic rings. The van der Waals surface area contributed by atoms with E-state index in [0.717, 1.165) is 6.54 Å². The predicted molar refractivity (Wildman–Crippen MR) is 92.4 cm³/mol. The van der Waals surface area contributed by atoms with E-state index in [1.807, 2.05) is 0 Å². The van der Waals surface area contributed by atoms with Crippen molar-refractivity contribution < 1.29 is 0 Å². The molecule has 0 saturated carbocycles. The highest BCUT2D eigenvalue weighted by atomic mass is 15.2. The van der Waals surface area contributed by atoms with Crippen molar-refractivity contribution in [1.29, 1.82) is 0 Å². The second-order valence-corrected chi connectivity index (χ2v) is 6.50. The monoisotopic (exact) mass is 284 g/mol. The molecule has 1 unspecified atom stereocenters. The maximum atomic E-state index is 6.17. The normalized spacial score (nSPS) is 13.5. The summed E-state index contributed by atoms with van der Waals surface area (Å²) in [6.45, 7) is 10.8. The Bertz CT molecular complexity index is 569. The largest absolute Gasteiger partial charge is 0.329 e. The van der Waals surface area contributed by atoms with E-state index >= 15 is 0 Å². The van der Waals surface area contributed by atoms with Crippen LogP contribution in [0.2, 0.25) is 0 Å². The van der Waals surface area contributed by atoms with Crippen molar-refractivity contribution in [2.75, 3.05) is 13.1 Å². The average Bonchev–Trinajstić information content (AvgIpc) is 2.46. The molecule has 0 bridgehead atoms. The Balaban J connectivity index is 2.47. The minimum atomic E-state index is 0.276. The van der Waals surface area contributed by atoms with Crippen LogP contribution in [0.15, 0.2) is 42.5 Å². The van der Waals surface area contributed by atoms with E-state index in [1.54, 1.807) is 0 Å². The molecule has 0 aliphatic carbocycles. The van der Waals surface area contributed by atoms with Gasteiger partial charge in [-0.25, -0.2) is 0 Å². The van der Waals surface area contributed by atoms with E-state index in [0.29, 0.717) is 18.5 Å².